The minimum Gasteiger partial charge on any atom is -0.442 e. The van der Waals surface area contributed by atoms with Crippen LogP contribution in [0.3, 0.4) is 0 Å². The van der Waals surface area contributed by atoms with Crippen molar-refractivity contribution in [3.05, 3.63) is 6.07 Å². The molecule has 0 radical (unpaired) electrons. The van der Waals surface area contributed by atoms with Crippen molar-refractivity contribution in [2.45, 2.75) is 33.0 Å². The molecule has 1 heterocycles. The minimum absolute atomic E-state index is 0.119. The number of rotatable bonds is 2. The summed E-state index contributed by atoms with van der Waals surface area (Å²) in [5, 5.41) is 3.51. The highest BCUT2D eigenvalue weighted by Crippen LogP contribution is 2.19. The summed E-state index contributed by atoms with van der Waals surface area (Å²) in [6, 6.07) is 1.01. The van der Waals surface area contributed by atoms with E-state index in [1.165, 1.54) is 0 Å². The molecule has 0 aliphatic rings. The minimum atomic E-state index is -3.08. The summed E-state index contributed by atoms with van der Waals surface area (Å²) in [4.78, 5) is 11.6. The number of nitrogen functional groups attached to an aromatic ring is 1. The molecule has 2 N–H and O–H groups in total. The van der Waals surface area contributed by atoms with Crippen LogP contribution in [0.5, 0.6) is 5.88 Å². The first-order valence-electron chi connectivity index (χ1n) is 4.73. The third-order valence-corrected chi connectivity index (χ3v) is 1.47. The van der Waals surface area contributed by atoms with E-state index in [0.717, 1.165) is 6.07 Å². The van der Waals surface area contributed by atoms with Gasteiger partial charge in [0.15, 0.2) is 0 Å². The molecule has 0 atom stereocenters. The Balaban J connectivity index is 2.93. The number of anilines is 1. The average molecular weight is 249 g/mol. The summed E-state index contributed by atoms with van der Waals surface area (Å²) < 4.78 is 33.7. The Hall–Kier alpha value is -1.86. The summed E-state index contributed by atoms with van der Waals surface area (Å²) in [5.74, 6) is -0.585. The van der Waals surface area contributed by atoms with Gasteiger partial charge >= 0.3 is 12.7 Å². The molecule has 0 spiro atoms. The molecule has 0 amide bonds. The molecule has 0 bridgehead atoms. The van der Waals surface area contributed by atoms with Crippen molar-refractivity contribution in [3.63, 3.8) is 0 Å². The summed E-state index contributed by atoms with van der Waals surface area (Å²) in [7, 11) is 0. The number of nitrogens with zero attached hydrogens (tertiary/aromatic N) is 2. The first-order chi connectivity index (χ1) is 7.69. The van der Waals surface area contributed by atoms with E-state index >= 15 is 0 Å². The van der Waals surface area contributed by atoms with Crippen LogP contribution in [0.15, 0.2) is 6.07 Å². The molecule has 1 aromatic rings. The Morgan fingerprint density at radius 3 is 2.59 bits per heavy atom. The fraction of sp³-hybridized carbons (Fsp3) is 0.556. The van der Waals surface area contributed by atoms with Gasteiger partial charge in [0.1, 0.15) is 11.4 Å². The molecule has 0 aliphatic carbocycles. The molecule has 1 rings (SSSR count). The monoisotopic (exact) mass is 249 g/mol. The van der Waals surface area contributed by atoms with Gasteiger partial charge in [-0.25, -0.2) is 4.79 Å². The van der Waals surface area contributed by atoms with Gasteiger partial charge in [0.05, 0.1) is 0 Å². The third kappa shape index (κ3) is 3.89. The summed E-state index contributed by atoms with van der Waals surface area (Å²) in [6.07, 6.45) is -0.940. The molecule has 0 saturated heterocycles. The predicted molar refractivity (Wildman–Crippen MR) is 54.9 cm³/mol. The number of nitrogens with two attached hydrogens (primary N) is 1. The summed E-state index contributed by atoms with van der Waals surface area (Å²) in [6.45, 7) is 1.81. The maximum absolute atomic E-state index is 12.1. The Morgan fingerprint density at radius 1 is 1.53 bits per heavy atom. The molecule has 0 saturated carbocycles. The predicted octanol–water partition coefficient (Wildman–Crippen LogP) is 1.85. The van der Waals surface area contributed by atoms with Crippen molar-refractivity contribution in [3.8, 4) is 5.88 Å². The van der Waals surface area contributed by atoms with Crippen LogP contribution >= 0.6 is 0 Å². The van der Waals surface area contributed by atoms with E-state index in [1.54, 1.807) is 20.8 Å². The van der Waals surface area contributed by atoms with Crippen molar-refractivity contribution in [2.24, 2.45) is 0 Å². The van der Waals surface area contributed by atoms with Crippen LogP contribution in [0.2, 0.25) is 0 Å². The van der Waals surface area contributed by atoms with Crippen LogP contribution in [-0.2, 0) is 4.74 Å². The highest BCUT2D eigenvalue weighted by atomic mass is 19.3. The van der Waals surface area contributed by atoms with Crippen molar-refractivity contribution >= 4 is 11.9 Å². The topological polar surface area (TPSA) is 79.4 Å². The van der Waals surface area contributed by atoms with Gasteiger partial charge in [-0.1, -0.05) is 0 Å². The fourth-order valence-corrected chi connectivity index (χ4v) is 0.992. The lowest BCUT2D eigenvalue weighted by Gasteiger charge is -2.19. The van der Waals surface area contributed by atoms with Crippen LogP contribution in [0.25, 0.3) is 0 Å². The van der Waals surface area contributed by atoms with Gasteiger partial charge < -0.3 is 15.2 Å². The number of carbonyl (C=O) groups is 1. The molecule has 0 aliphatic heterocycles. The second-order valence-corrected chi connectivity index (χ2v) is 4.18. The maximum atomic E-state index is 12.1. The zero-order chi connectivity index (χ0) is 13.2. The zero-order valence-corrected chi connectivity index (χ0v) is 9.61. The molecule has 6 nitrogen and oxygen atoms in total. The van der Waals surface area contributed by atoms with Gasteiger partial charge in [-0.05, 0) is 20.8 Å². The molecular weight excluding hydrogens is 236 g/mol. The number of aromatic nitrogens is 2. The Labute approximate surface area is 96.3 Å². The normalized spacial score (nSPS) is 11.6. The highest BCUT2D eigenvalue weighted by Gasteiger charge is 2.23. The van der Waals surface area contributed by atoms with E-state index in [0.29, 0.717) is 4.68 Å². The molecular formula is C9H13F2N3O3. The second kappa shape index (κ2) is 4.56. The number of ether oxygens (including phenoxy) is 2. The quantitative estimate of drug-likeness (QED) is 0.865. The molecule has 8 heteroatoms. The summed E-state index contributed by atoms with van der Waals surface area (Å²) in [5.41, 5.74) is 4.51. The fourth-order valence-electron chi connectivity index (χ4n) is 0.992. The van der Waals surface area contributed by atoms with Gasteiger partial charge in [0.25, 0.3) is 0 Å². The van der Waals surface area contributed by atoms with Crippen molar-refractivity contribution in [1.29, 1.82) is 0 Å². The van der Waals surface area contributed by atoms with Gasteiger partial charge in [-0.3, -0.25) is 0 Å². The van der Waals surface area contributed by atoms with Crippen LogP contribution < -0.4 is 10.5 Å². The number of halogens is 2. The zero-order valence-electron chi connectivity index (χ0n) is 9.61. The lowest BCUT2D eigenvalue weighted by Crippen LogP contribution is -2.28. The number of carbonyl (C=O) groups excluding carboxylic acids is 1. The number of hydrogen-bond acceptors (Lipinski definition) is 5. The first kappa shape index (κ1) is 13.2. The van der Waals surface area contributed by atoms with Gasteiger partial charge in [-0.15, -0.1) is 9.78 Å². The highest BCUT2D eigenvalue weighted by molar-refractivity contribution is 5.72. The van der Waals surface area contributed by atoms with Crippen LogP contribution in [0, 0.1) is 0 Å². The number of hydrogen-bond donors (Lipinski definition) is 1. The second-order valence-electron chi connectivity index (χ2n) is 4.18. The average Bonchev–Trinajstić information content (AvgIpc) is 2.42. The van der Waals surface area contributed by atoms with E-state index in [-0.39, 0.29) is 5.82 Å². The van der Waals surface area contributed by atoms with E-state index < -0.39 is 24.2 Å². The van der Waals surface area contributed by atoms with E-state index in [9.17, 15) is 13.6 Å². The standard InChI is InChI=1S/C9H13F2N3O3/c1-9(2,3)17-8(15)14-6(16-7(10)11)4-5(12)13-14/h4,7H,1-3H3,(H2,12,13). The van der Waals surface area contributed by atoms with Crippen molar-refractivity contribution in [2.75, 3.05) is 5.73 Å². The van der Waals surface area contributed by atoms with E-state index in [4.69, 9.17) is 10.5 Å². The van der Waals surface area contributed by atoms with E-state index in [1.807, 2.05) is 0 Å². The molecule has 96 valence electrons. The third-order valence-electron chi connectivity index (χ3n) is 1.47. The van der Waals surface area contributed by atoms with Gasteiger partial charge in [0.2, 0.25) is 5.88 Å². The van der Waals surface area contributed by atoms with Crippen molar-refractivity contribution in [1.82, 2.24) is 9.78 Å². The first-order valence-corrected chi connectivity index (χ1v) is 4.73. The molecule has 17 heavy (non-hydrogen) atoms. The molecule has 1 aromatic heterocycles. The number of alkyl halides is 2. The summed E-state index contributed by atoms with van der Waals surface area (Å²) >= 11 is 0. The Bertz CT molecular complexity index is 412. The van der Waals surface area contributed by atoms with Crippen LogP contribution in [0.1, 0.15) is 20.8 Å². The molecule has 0 aromatic carbocycles. The van der Waals surface area contributed by atoms with Gasteiger partial charge in [0, 0.05) is 6.07 Å². The molecule has 0 unspecified atom stereocenters. The lowest BCUT2D eigenvalue weighted by atomic mass is 10.2. The SMILES string of the molecule is CC(C)(C)OC(=O)n1nc(N)cc1OC(F)F. The van der Waals surface area contributed by atoms with Crippen molar-refractivity contribution < 1.29 is 23.0 Å². The molecule has 0 fully saturated rings. The Morgan fingerprint density at radius 2 is 2.12 bits per heavy atom. The maximum Gasteiger partial charge on any atom is 0.438 e. The largest absolute Gasteiger partial charge is 0.442 e. The van der Waals surface area contributed by atoms with Gasteiger partial charge in [-0.2, -0.15) is 8.78 Å². The lowest BCUT2D eigenvalue weighted by molar-refractivity contribution is -0.0557. The van der Waals surface area contributed by atoms with Crippen LogP contribution in [-0.4, -0.2) is 28.1 Å². The Kier molecular flexibility index (Phi) is 3.54. The van der Waals surface area contributed by atoms with E-state index in [2.05, 4.69) is 9.84 Å². The smallest absolute Gasteiger partial charge is 0.438 e. The van der Waals surface area contributed by atoms with Crippen LogP contribution in [0.4, 0.5) is 19.4 Å².